The van der Waals surface area contributed by atoms with Gasteiger partial charge < -0.3 is 15.4 Å². The Labute approximate surface area is 109 Å². The first-order valence-electron chi connectivity index (χ1n) is 5.98. The number of para-hydroxylation sites is 1. The van der Waals surface area contributed by atoms with E-state index in [0.717, 1.165) is 5.69 Å². The van der Waals surface area contributed by atoms with E-state index in [9.17, 15) is 9.59 Å². The molecule has 3 N–H and O–H groups in total. The van der Waals surface area contributed by atoms with Crippen molar-refractivity contribution in [3.63, 3.8) is 0 Å². The third kappa shape index (κ3) is 2.19. The third-order valence-corrected chi connectivity index (χ3v) is 2.97. The number of amides is 2. The van der Waals surface area contributed by atoms with E-state index < -0.39 is 6.04 Å². The van der Waals surface area contributed by atoms with Gasteiger partial charge in [-0.15, -0.1) is 0 Å². The van der Waals surface area contributed by atoms with Crippen molar-refractivity contribution in [2.45, 2.75) is 6.04 Å². The molecule has 19 heavy (non-hydrogen) atoms. The molecule has 1 fully saturated rings. The fraction of sp³-hybridized carbons (Fsp3) is 0.333. The van der Waals surface area contributed by atoms with Gasteiger partial charge >= 0.3 is 0 Å². The quantitative estimate of drug-likeness (QED) is 0.679. The van der Waals surface area contributed by atoms with Crippen LogP contribution < -0.4 is 20.9 Å². The van der Waals surface area contributed by atoms with Crippen LogP contribution in [0.5, 0.6) is 5.75 Å². The van der Waals surface area contributed by atoms with Crippen molar-refractivity contribution in [2.24, 2.45) is 0 Å². The summed E-state index contributed by atoms with van der Waals surface area (Å²) in [6.45, 7) is 1.33. The summed E-state index contributed by atoms with van der Waals surface area (Å²) < 4.78 is 5.51. The zero-order chi connectivity index (χ0) is 13.2. The smallest absolute Gasteiger partial charge is 0.268 e. The highest BCUT2D eigenvalue weighted by Crippen LogP contribution is 2.31. The van der Waals surface area contributed by atoms with E-state index in [2.05, 4.69) is 16.1 Å². The number of nitrogens with one attached hydrogen (secondary N) is 3. The summed E-state index contributed by atoms with van der Waals surface area (Å²) in [4.78, 5) is 28.3. The lowest BCUT2D eigenvalue weighted by Crippen LogP contribution is -2.41. The Morgan fingerprint density at radius 1 is 1.42 bits per heavy atom. The van der Waals surface area contributed by atoms with Crippen LogP contribution in [0.4, 0.5) is 5.69 Å². The molecule has 0 spiro atoms. The van der Waals surface area contributed by atoms with Gasteiger partial charge in [-0.3, -0.25) is 14.4 Å². The zero-order valence-electron chi connectivity index (χ0n) is 10.1. The molecule has 100 valence electrons. The minimum absolute atomic E-state index is 0.124. The van der Waals surface area contributed by atoms with Crippen LogP contribution in [0.15, 0.2) is 18.2 Å². The summed E-state index contributed by atoms with van der Waals surface area (Å²) in [6, 6.07) is 4.60. The molecule has 2 amide bonds. The zero-order valence-corrected chi connectivity index (χ0v) is 10.1. The molecular formula is C12H13N3O4. The molecule has 7 nitrogen and oxygen atoms in total. The number of anilines is 1. The van der Waals surface area contributed by atoms with E-state index in [-0.39, 0.29) is 18.4 Å². The Balaban J connectivity index is 1.81. The molecule has 0 unspecified atom stereocenters. The molecule has 2 heterocycles. The van der Waals surface area contributed by atoms with Crippen LogP contribution in [-0.4, -0.2) is 37.6 Å². The predicted octanol–water partition coefficient (Wildman–Crippen LogP) is -0.349. The van der Waals surface area contributed by atoms with Crippen LogP contribution in [0, 0.1) is 0 Å². The van der Waals surface area contributed by atoms with Crippen LogP contribution >= 0.6 is 0 Å². The van der Waals surface area contributed by atoms with Gasteiger partial charge in [0.15, 0.2) is 5.75 Å². The number of carbonyl (C=O) groups excluding carboxylic acids is 2. The van der Waals surface area contributed by atoms with Gasteiger partial charge in [0.05, 0.1) is 11.3 Å². The number of benzene rings is 1. The Kier molecular flexibility index (Phi) is 2.96. The highest BCUT2D eigenvalue weighted by Gasteiger charge is 2.29. The van der Waals surface area contributed by atoms with Gasteiger partial charge in [-0.1, -0.05) is 6.07 Å². The lowest BCUT2D eigenvalue weighted by molar-refractivity contribution is -0.125. The maximum atomic E-state index is 12.2. The second-order valence-electron chi connectivity index (χ2n) is 4.26. The molecule has 0 aromatic heterocycles. The Bertz CT molecular complexity index is 532. The molecule has 1 aromatic carbocycles. The van der Waals surface area contributed by atoms with Gasteiger partial charge in [0, 0.05) is 6.54 Å². The van der Waals surface area contributed by atoms with E-state index >= 15 is 0 Å². The number of hydroxylamine groups is 1. The van der Waals surface area contributed by atoms with E-state index in [1.807, 2.05) is 6.07 Å². The lowest BCUT2D eigenvalue weighted by Gasteiger charge is -2.21. The molecule has 3 rings (SSSR count). The Hall–Kier alpha value is -2.28. The molecular weight excluding hydrogens is 250 g/mol. The van der Waals surface area contributed by atoms with Crippen molar-refractivity contribution in [3.8, 4) is 5.75 Å². The largest absolute Gasteiger partial charge is 0.489 e. The summed E-state index contributed by atoms with van der Waals surface area (Å²) in [5.74, 6) is -0.186. The number of rotatable bonds is 2. The van der Waals surface area contributed by atoms with Crippen molar-refractivity contribution in [1.82, 2.24) is 10.8 Å². The molecule has 7 heteroatoms. The minimum atomic E-state index is -0.667. The highest BCUT2D eigenvalue weighted by atomic mass is 16.7. The summed E-state index contributed by atoms with van der Waals surface area (Å²) in [6.07, 6.45) is 0. The van der Waals surface area contributed by atoms with E-state index in [4.69, 9.17) is 9.57 Å². The fourth-order valence-corrected chi connectivity index (χ4v) is 2.04. The monoisotopic (exact) mass is 263 g/mol. The second kappa shape index (κ2) is 4.77. The second-order valence-corrected chi connectivity index (χ2v) is 4.26. The SMILES string of the molecule is O=C(N[C@@H]1CONC1=O)c1cccc2c1OCCN2. The normalized spacial score (nSPS) is 20.8. The molecule has 0 radical (unpaired) electrons. The van der Waals surface area contributed by atoms with Gasteiger partial charge in [0.25, 0.3) is 11.8 Å². The first kappa shape index (κ1) is 11.8. The molecule has 0 bridgehead atoms. The first-order chi connectivity index (χ1) is 9.25. The fourth-order valence-electron chi connectivity index (χ4n) is 2.04. The van der Waals surface area contributed by atoms with Gasteiger partial charge in [-0.25, -0.2) is 5.48 Å². The molecule has 2 aliphatic rings. The van der Waals surface area contributed by atoms with E-state index in [1.54, 1.807) is 12.1 Å². The van der Waals surface area contributed by atoms with Crippen LogP contribution in [0.3, 0.4) is 0 Å². The van der Waals surface area contributed by atoms with Crippen LogP contribution in [-0.2, 0) is 9.63 Å². The molecule has 0 aliphatic carbocycles. The molecule has 1 aromatic rings. The number of ether oxygens (including phenoxy) is 1. The Morgan fingerprint density at radius 2 is 2.32 bits per heavy atom. The number of hydrogen-bond acceptors (Lipinski definition) is 5. The van der Waals surface area contributed by atoms with E-state index in [1.165, 1.54) is 0 Å². The van der Waals surface area contributed by atoms with Crippen molar-refractivity contribution >= 4 is 17.5 Å². The average Bonchev–Trinajstić information content (AvgIpc) is 2.83. The number of fused-ring (bicyclic) bond motifs is 1. The first-order valence-corrected chi connectivity index (χ1v) is 5.98. The molecule has 2 aliphatic heterocycles. The maximum Gasteiger partial charge on any atom is 0.268 e. The summed E-state index contributed by atoms with van der Waals surface area (Å²) in [7, 11) is 0. The number of hydrogen-bond donors (Lipinski definition) is 3. The molecule has 1 atom stereocenters. The van der Waals surface area contributed by atoms with E-state index in [0.29, 0.717) is 24.5 Å². The van der Waals surface area contributed by atoms with Crippen LogP contribution in [0.25, 0.3) is 0 Å². The van der Waals surface area contributed by atoms with Crippen molar-refractivity contribution < 1.29 is 19.2 Å². The molecule has 0 saturated carbocycles. The van der Waals surface area contributed by atoms with Crippen molar-refractivity contribution in [2.75, 3.05) is 25.1 Å². The van der Waals surface area contributed by atoms with Crippen LogP contribution in [0.2, 0.25) is 0 Å². The topological polar surface area (TPSA) is 88.7 Å². The lowest BCUT2D eigenvalue weighted by atomic mass is 10.1. The Morgan fingerprint density at radius 3 is 3.11 bits per heavy atom. The van der Waals surface area contributed by atoms with Gasteiger partial charge in [-0.05, 0) is 12.1 Å². The van der Waals surface area contributed by atoms with Gasteiger partial charge in [0.1, 0.15) is 19.3 Å². The predicted molar refractivity (Wildman–Crippen MR) is 65.8 cm³/mol. The van der Waals surface area contributed by atoms with Crippen molar-refractivity contribution in [1.29, 1.82) is 0 Å². The average molecular weight is 263 g/mol. The maximum absolute atomic E-state index is 12.2. The number of carbonyl (C=O) groups is 2. The standard InChI is InChI=1S/C12H13N3O4/c16-11(14-9-6-19-15-12(9)17)7-2-1-3-8-10(7)18-5-4-13-8/h1-3,9,13H,4-6H2,(H,14,16)(H,15,17)/t9-/m1/s1. The van der Waals surface area contributed by atoms with Gasteiger partial charge in [0.2, 0.25) is 0 Å². The summed E-state index contributed by atoms with van der Waals surface area (Å²) in [5.41, 5.74) is 3.38. The van der Waals surface area contributed by atoms with Crippen LogP contribution in [0.1, 0.15) is 10.4 Å². The highest BCUT2D eigenvalue weighted by molar-refractivity contribution is 6.01. The molecule has 1 saturated heterocycles. The van der Waals surface area contributed by atoms with Crippen molar-refractivity contribution in [3.05, 3.63) is 23.8 Å². The summed E-state index contributed by atoms with van der Waals surface area (Å²) >= 11 is 0. The third-order valence-electron chi connectivity index (χ3n) is 2.97. The van der Waals surface area contributed by atoms with Gasteiger partial charge in [-0.2, -0.15) is 0 Å². The summed E-state index contributed by atoms with van der Waals surface area (Å²) in [5, 5.41) is 5.76. The minimum Gasteiger partial charge on any atom is -0.489 e.